The van der Waals surface area contributed by atoms with Crippen LogP contribution in [-0.2, 0) is 4.79 Å². The van der Waals surface area contributed by atoms with E-state index in [9.17, 15) is 9.18 Å². The number of carbonyl (C=O) groups is 1. The topological polar surface area (TPSA) is 40.5 Å². The second-order valence-corrected chi connectivity index (χ2v) is 4.20. The highest BCUT2D eigenvalue weighted by Gasteiger charge is 2.27. The number of benzene rings is 1. The number of halogens is 1. The van der Waals surface area contributed by atoms with E-state index < -0.39 is 6.10 Å². The minimum atomic E-state index is -0.416. The molecule has 4 heteroatoms. The Balaban J connectivity index is 2.12. The van der Waals surface area contributed by atoms with Crippen molar-refractivity contribution in [2.75, 3.05) is 13.1 Å². The lowest BCUT2D eigenvalue weighted by Gasteiger charge is -2.35. The molecule has 1 aromatic rings. The number of rotatable bonds is 2. The molecule has 1 amide bonds. The summed E-state index contributed by atoms with van der Waals surface area (Å²) in [5.41, 5.74) is 1.02. The highest BCUT2D eigenvalue weighted by molar-refractivity contribution is 5.95. The van der Waals surface area contributed by atoms with Gasteiger partial charge in [0, 0.05) is 24.7 Å². The molecule has 0 unspecified atom stereocenters. The molecule has 1 aliphatic heterocycles. The molecule has 2 rings (SSSR count). The summed E-state index contributed by atoms with van der Waals surface area (Å²) in [5.74, 6) is -0.520. The molecule has 0 saturated carbocycles. The van der Waals surface area contributed by atoms with E-state index in [0.29, 0.717) is 24.2 Å². The van der Waals surface area contributed by atoms with Crippen molar-refractivity contribution in [2.24, 2.45) is 0 Å². The summed E-state index contributed by atoms with van der Waals surface area (Å²) in [6.45, 7) is 2.42. The van der Waals surface area contributed by atoms with Gasteiger partial charge in [0.15, 0.2) is 0 Å². The third kappa shape index (κ3) is 2.53. The van der Waals surface area contributed by atoms with Crippen molar-refractivity contribution in [2.45, 2.75) is 13.0 Å². The fourth-order valence-electron chi connectivity index (χ4n) is 1.77. The average Bonchev–Trinajstić information content (AvgIpc) is 2.25. The first-order chi connectivity index (χ1) is 8.08. The third-order valence-corrected chi connectivity index (χ3v) is 2.81. The second kappa shape index (κ2) is 4.67. The molecular weight excluding hydrogens is 221 g/mol. The summed E-state index contributed by atoms with van der Waals surface area (Å²) in [7, 11) is 0. The summed E-state index contributed by atoms with van der Waals surface area (Å²) in [5, 5.41) is 9.09. The van der Waals surface area contributed by atoms with Crippen molar-refractivity contribution in [1.29, 1.82) is 0 Å². The molecule has 1 fully saturated rings. The number of aliphatic hydroxyl groups is 1. The van der Waals surface area contributed by atoms with Crippen LogP contribution < -0.4 is 0 Å². The second-order valence-electron chi connectivity index (χ2n) is 4.20. The minimum Gasteiger partial charge on any atom is -0.389 e. The molecule has 3 nitrogen and oxygen atoms in total. The van der Waals surface area contributed by atoms with Gasteiger partial charge in [-0.25, -0.2) is 4.39 Å². The first-order valence-electron chi connectivity index (χ1n) is 5.48. The summed E-state index contributed by atoms with van der Waals surface area (Å²) < 4.78 is 13.4. The van der Waals surface area contributed by atoms with Crippen LogP contribution in [0.15, 0.2) is 30.3 Å². The van der Waals surface area contributed by atoms with Gasteiger partial charge in [-0.15, -0.1) is 0 Å². The maximum absolute atomic E-state index is 13.4. The van der Waals surface area contributed by atoms with Gasteiger partial charge in [0.25, 0.3) is 0 Å². The van der Waals surface area contributed by atoms with Crippen molar-refractivity contribution >= 4 is 11.5 Å². The van der Waals surface area contributed by atoms with Crippen molar-refractivity contribution in [3.63, 3.8) is 0 Å². The van der Waals surface area contributed by atoms with Crippen LogP contribution in [0.4, 0.5) is 4.39 Å². The number of hydrogen-bond donors (Lipinski definition) is 1. The van der Waals surface area contributed by atoms with E-state index in [1.165, 1.54) is 17.0 Å². The zero-order valence-electron chi connectivity index (χ0n) is 9.56. The fourth-order valence-corrected chi connectivity index (χ4v) is 1.77. The molecule has 1 heterocycles. The Labute approximate surface area is 99.2 Å². The zero-order chi connectivity index (χ0) is 12.4. The van der Waals surface area contributed by atoms with Gasteiger partial charge in [0.2, 0.25) is 5.91 Å². The van der Waals surface area contributed by atoms with Crippen LogP contribution in [0.3, 0.4) is 0 Å². The third-order valence-electron chi connectivity index (χ3n) is 2.81. The van der Waals surface area contributed by atoms with Gasteiger partial charge in [0.1, 0.15) is 5.82 Å². The van der Waals surface area contributed by atoms with Gasteiger partial charge >= 0.3 is 0 Å². The predicted octanol–water partition coefficient (Wildman–Crippen LogP) is 1.43. The number of amides is 1. The monoisotopic (exact) mass is 235 g/mol. The Morgan fingerprint density at radius 1 is 1.47 bits per heavy atom. The zero-order valence-corrected chi connectivity index (χ0v) is 9.56. The van der Waals surface area contributed by atoms with Gasteiger partial charge in [-0.2, -0.15) is 0 Å². The van der Waals surface area contributed by atoms with Crippen LogP contribution in [0.5, 0.6) is 0 Å². The lowest BCUT2D eigenvalue weighted by atomic mass is 10.1. The van der Waals surface area contributed by atoms with Crippen molar-refractivity contribution in [1.82, 2.24) is 4.90 Å². The van der Waals surface area contributed by atoms with Crippen LogP contribution in [0.25, 0.3) is 5.57 Å². The summed E-state index contributed by atoms with van der Waals surface area (Å²) in [4.78, 5) is 13.2. The first kappa shape index (κ1) is 11.8. The van der Waals surface area contributed by atoms with E-state index in [4.69, 9.17) is 5.11 Å². The van der Waals surface area contributed by atoms with Crippen molar-refractivity contribution in [3.05, 3.63) is 41.7 Å². The number of carbonyl (C=O) groups excluding carboxylic acids is 1. The Morgan fingerprint density at radius 3 is 2.71 bits per heavy atom. The Hall–Kier alpha value is -1.68. The van der Waals surface area contributed by atoms with Gasteiger partial charge in [0.05, 0.1) is 6.10 Å². The normalized spacial score (nSPS) is 16.9. The predicted molar refractivity (Wildman–Crippen MR) is 62.6 cm³/mol. The smallest absolute Gasteiger partial charge is 0.247 e. The van der Waals surface area contributed by atoms with Crippen LogP contribution in [0, 0.1) is 5.82 Å². The van der Waals surface area contributed by atoms with E-state index in [-0.39, 0.29) is 11.7 Å². The maximum Gasteiger partial charge on any atom is 0.247 e. The number of nitrogens with zero attached hydrogens (tertiary/aromatic N) is 1. The molecule has 1 aromatic carbocycles. The number of hydrogen-bond acceptors (Lipinski definition) is 2. The quantitative estimate of drug-likeness (QED) is 0.788. The van der Waals surface area contributed by atoms with E-state index in [0.717, 1.165) is 0 Å². The standard InChI is InChI=1S/C13H14FNO2/c1-9(11-4-2-3-5-12(11)14)6-13(17)15-7-10(16)8-15/h2-6,10,16H,7-8H2,1H3/b9-6-. The molecule has 17 heavy (non-hydrogen) atoms. The molecule has 0 aromatic heterocycles. The highest BCUT2D eigenvalue weighted by Crippen LogP contribution is 2.18. The number of β-amino-alcohol motifs (C(OH)–C–C–N with tert-alkyl or cyclic N) is 1. The van der Waals surface area contributed by atoms with Crippen LogP contribution in [0.2, 0.25) is 0 Å². The Bertz CT molecular complexity index is 464. The first-order valence-corrected chi connectivity index (χ1v) is 5.48. The van der Waals surface area contributed by atoms with Gasteiger partial charge in [-0.1, -0.05) is 18.2 Å². The summed E-state index contributed by atoms with van der Waals surface area (Å²) >= 11 is 0. The molecule has 0 bridgehead atoms. The summed E-state index contributed by atoms with van der Waals surface area (Å²) in [6.07, 6.45) is 0.991. The molecule has 0 aliphatic carbocycles. The van der Waals surface area contributed by atoms with Crippen molar-refractivity contribution < 1.29 is 14.3 Å². The molecule has 1 N–H and O–H groups in total. The summed E-state index contributed by atoms with van der Waals surface area (Å²) in [6, 6.07) is 6.34. The SMILES string of the molecule is C/C(=C/C(=O)N1CC(O)C1)c1ccccc1F. The average molecular weight is 235 g/mol. The fraction of sp³-hybridized carbons (Fsp3) is 0.308. The number of aliphatic hydroxyl groups excluding tert-OH is 1. The molecule has 90 valence electrons. The lowest BCUT2D eigenvalue weighted by Crippen LogP contribution is -2.53. The molecule has 0 spiro atoms. The van der Waals surface area contributed by atoms with E-state index in [1.807, 2.05) is 0 Å². The van der Waals surface area contributed by atoms with Crippen LogP contribution in [-0.4, -0.2) is 35.1 Å². The van der Waals surface area contributed by atoms with Gasteiger partial charge < -0.3 is 10.0 Å². The lowest BCUT2D eigenvalue weighted by molar-refractivity contribution is -0.135. The van der Waals surface area contributed by atoms with E-state index >= 15 is 0 Å². The maximum atomic E-state index is 13.4. The number of likely N-dealkylation sites (tertiary alicyclic amines) is 1. The van der Waals surface area contributed by atoms with Crippen LogP contribution in [0.1, 0.15) is 12.5 Å². The van der Waals surface area contributed by atoms with Gasteiger partial charge in [-0.3, -0.25) is 4.79 Å². The molecule has 0 atom stereocenters. The molecule has 1 aliphatic rings. The highest BCUT2D eigenvalue weighted by atomic mass is 19.1. The van der Waals surface area contributed by atoms with Crippen LogP contribution >= 0.6 is 0 Å². The minimum absolute atomic E-state index is 0.184. The van der Waals surface area contributed by atoms with Gasteiger partial charge in [-0.05, 0) is 18.6 Å². The Kier molecular flexibility index (Phi) is 3.24. The molecule has 0 radical (unpaired) electrons. The number of allylic oxidation sites excluding steroid dienone is 1. The largest absolute Gasteiger partial charge is 0.389 e. The van der Waals surface area contributed by atoms with E-state index in [1.54, 1.807) is 25.1 Å². The van der Waals surface area contributed by atoms with E-state index in [2.05, 4.69) is 0 Å². The van der Waals surface area contributed by atoms with Crippen molar-refractivity contribution in [3.8, 4) is 0 Å². The molecular formula is C13H14FNO2. The Morgan fingerprint density at radius 2 is 2.12 bits per heavy atom. The molecule has 1 saturated heterocycles.